The molecule has 0 spiro atoms. The summed E-state index contributed by atoms with van der Waals surface area (Å²) >= 11 is 8.35. The van der Waals surface area contributed by atoms with Crippen LogP contribution in [0.5, 0.6) is 23.0 Å². The first-order chi connectivity index (χ1) is 19.2. The summed E-state index contributed by atoms with van der Waals surface area (Å²) in [4.78, 5) is 32.4. The Bertz CT molecular complexity index is 1680. The summed E-state index contributed by atoms with van der Waals surface area (Å²) in [6.07, 6.45) is 1.74. The van der Waals surface area contributed by atoms with Gasteiger partial charge < -0.3 is 23.7 Å². The molecule has 4 rings (SSSR count). The van der Waals surface area contributed by atoms with Crippen LogP contribution in [0, 0.1) is 0 Å². The third-order valence-electron chi connectivity index (χ3n) is 6.19. The summed E-state index contributed by atoms with van der Waals surface area (Å²) in [5.74, 6) is 1.57. The predicted octanol–water partition coefficient (Wildman–Crippen LogP) is 4.75. The lowest BCUT2D eigenvalue weighted by Crippen LogP contribution is -2.40. The quantitative estimate of drug-likeness (QED) is 0.298. The molecule has 0 fully saturated rings. The number of esters is 1. The summed E-state index contributed by atoms with van der Waals surface area (Å²) in [5, 5.41) is 0. The molecule has 12 heteroatoms. The molecule has 212 valence electrons. The summed E-state index contributed by atoms with van der Waals surface area (Å²) in [5.41, 5.74) is 1.69. The van der Waals surface area contributed by atoms with Gasteiger partial charge in [-0.1, -0.05) is 27.3 Å². The van der Waals surface area contributed by atoms with E-state index in [1.54, 1.807) is 52.3 Å². The number of aromatic nitrogens is 1. The third kappa shape index (κ3) is 5.57. The molecule has 2 heterocycles. The van der Waals surface area contributed by atoms with Crippen molar-refractivity contribution in [2.24, 2.45) is 4.99 Å². The lowest BCUT2D eigenvalue weighted by Gasteiger charge is -2.26. The molecule has 3 aromatic rings. The van der Waals surface area contributed by atoms with Gasteiger partial charge in [0.15, 0.2) is 16.3 Å². The monoisotopic (exact) mass is 694 g/mol. The molecule has 0 aliphatic carbocycles. The normalized spacial score (nSPS) is 14.9. The number of methoxy groups -OCH3 is 3. The summed E-state index contributed by atoms with van der Waals surface area (Å²) in [6, 6.07) is 6.25. The minimum Gasteiger partial charge on any atom is -0.496 e. The third-order valence-corrected chi connectivity index (χ3v) is 8.47. The molecule has 1 aliphatic heterocycles. The van der Waals surface area contributed by atoms with Gasteiger partial charge in [0, 0.05) is 16.1 Å². The van der Waals surface area contributed by atoms with Crippen molar-refractivity contribution in [2.75, 3.05) is 34.5 Å². The number of halogens is 2. The zero-order valence-corrected chi connectivity index (χ0v) is 26.8. The molecule has 0 radical (unpaired) electrons. The fourth-order valence-electron chi connectivity index (χ4n) is 4.41. The molecule has 2 aromatic carbocycles. The van der Waals surface area contributed by atoms with Crippen LogP contribution in [0.25, 0.3) is 6.08 Å². The van der Waals surface area contributed by atoms with Gasteiger partial charge in [-0.25, -0.2) is 9.79 Å². The number of benzene rings is 2. The highest BCUT2D eigenvalue weighted by molar-refractivity contribution is 9.10. The average Bonchev–Trinajstić information content (AvgIpc) is 3.22. The van der Waals surface area contributed by atoms with Gasteiger partial charge >= 0.3 is 5.97 Å². The first-order valence-electron chi connectivity index (χ1n) is 12.3. The minimum absolute atomic E-state index is 0.173. The molecule has 1 aromatic heterocycles. The predicted molar refractivity (Wildman–Crippen MR) is 160 cm³/mol. The molecule has 0 unspecified atom stereocenters. The summed E-state index contributed by atoms with van der Waals surface area (Å²) in [6.45, 7) is 5.96. The number of fused-ring (bicyclic) bond motifs is 1. The van der Waals surface area contributed by atoms with E-state index in [2.05, 4.69) is 36.9 Å². The lowest BCUT2D eigenvalue weighted by atomic mass is 9.95. The Hall–Kier alpha value is -3.09. The van der Waals surface area contributed by atoms with Crippen LogP contribution < -0.4 is 33.8 Å². The Kier molecular flexibility index (Phi) is 9.42. The van der Waals surface area contributed by atoms with E-state index in [9.17, 15) is 9.59 Å². The van der Waals surface area contributed by atoms with Gasteiger partial charge in [-0.15, -0.1) is 0 Å². The summed E-state index contributed by atoms with van der Waals surface area (Å²) < 4.78 is 30.9. The van der Waals surface area contributed by atoms with Gasteiger partial charge in [-0.2, -0.15) is 0 Å². The Morgan fingerprint density at radius 2 is 1.68 bits per heavy atom. The smallest absolute Gasteiger partial charge is 0.338 e. The maximum Gasteiger partial charge on any atom is 0.338 e. The van der Waals surface area contributed by atoms with Crippen LogP contribution in [0.15, 0.2) is 54.3 Å². The number of hydrogen-bond acceptors (Lipinski definition) is 9. The van der Waals surface area contributed by atoms with Crippen LogP contribution in [-0.2, 0) is 9.53 Å². The van der Waals surface area contributed by atoms with Gasteiger partial charge in [0.2, 0.25) is 0 Å². The number of carbonyl (C=O) groups excluding carboxylic acids is 1. The van der Waals surface area contributed by atoms with Gasteiger partial charge in [0.25, 0.3) is 5.56 Å². The van der Waals surface area contributed by atoms with E-state index in [0.29, 0.717) is 64.7 Å². The summed E-state index contributed by atoms with van der Waals surface area (Å²) in [7, 11) is 4.65. The molecule has 0 amide bonds. The van der Waals surface area contributed by atoms with Crippen molar-refractivity contribution < 1.29 is 28.5 Å². The molecule has 40 heavy (non-hydrogen) atoms. The van der Waals surface area contributed by atoms with Crippen LogP contribution in [0.2, 0.25) is 0 Å². The van der Waals surface area contributed by atoms with E-state index in [-0.39, 0.29) is 17.7 Å². The number of thiazole rings is 1. The first-order valence-corrected chi connectivity index (χ1v) is 14.7. The van der Waals surface area contributed by atoms with E-state index in [4.69, 9.17) is 23.7 Å². The minimum atomic E-state index is -0.832. The molecule has 0 bridgehead atoms. The molecular formula is C28H28Br2N2O7S. The Balaban J connectivity index is 2.01. The number of hydrogen-bond donors (Lipinski definition) is 0. The first kappa shape index (κ1) is 29.9. The Labute approximate surface area is 251 Å². The highest BCUT2D eigenvalue weighted by atomic mass is 79.9. The second-order valence-corrected chi connectivity index (χ2v) is 11.2. The zero-order valence-electron chi connectivity index (χ0n) is 22.8. The average molecular weight is 696 g/mol. The van der Waals surface area contributed by atoms with Crippen LogP contribution in [0.4, 0.5) is 0 Å². The topological polar surface area (TPSA) is 97.6 Å². The van der Waals surface area contributed by atoms with Gasteiger partial charge in [0.1, 0.15) is 11.5 Å². The van der Waals surface area contributed by atoms with Crippen LogP contribution >= 0.6 is 43.2 Å². The van der Waals surface area contributed by atoms with E-state index in [1.165, 1.54) is 23.0 Å². The van der Waals surface area contributed by atoms with Crippen molar-refractivity contribution in [3.05, 3.63) is 75.3 Å². The number of carbonyl (C=O) groups is 1. The van der Waals surface area contributed by atoms with Crippen molar-refractivity contribution in [3.63, 3.8) is 0 Å². The van der Waals surface area contributed by atoms with Crippen molar-refractivity contribution in [2.45, 2.75) is 26.8 Å². The van der Waals surface area contributed by atoms with E-state index >= 15 is 0 Å². The van der Waals surface area contributed by atoms with E-state index < -0.39 is 12.0 Å². The van der Waals surface area contributed by atoms with Crippen molar-refractivity contribution in [3.8, 4) is 23.0 Å². The van der Waals surface area contributed by atoms with Gasteiger partial charge in [-0.05, 0) is 66.5 Å². The zero-order chi connectivity index (χ0) is 29.1. The number of nitrogens with zero attached hydrogens (tertiary/aromatic N) is 2. The van der Waals surface area contributed by atoms with Crippen molar-refractivity contribution >= 4 is 55.2 Å². The van der Waals surface area contributed by atoms with Crippen LogP contribution in [0.3, 0.4) is 0 Å². The molecule has 9 nitrogen and oxygen atoms in total. The van der Waals surface area contributed by atoms with Crippen molar-refractivity contribution in [1.29, 1.82) is 0 Å². The lowest BCUT2D eigenvalue weighted by molar-refractivity contribution is -0.139. The highest BCUT2D eigenvalue weighted by Crippen LogP contribution is 2.41. The number of ether oxygens (including phenoxy) is 5. The van der Waals surface area contributed by atoms with Crippen molar-refractivity contribution in [1.82, 2.24) is 4.57 Å². The maximum atomic E-state index is 14.0. The SMILES string of the molecule is CCOC(=O)C1=C(C)N=c2s/c(=C/c3cc(Br)c(OC)cc3OC)c(=O)n2[C@H]1c1cc(OC)c(OCC)cc1Br. The van der Waals surface area contributed by atoms with E-state index in [0.717, 1.165) is 0 Å². The maximum absolute atomic E-state index is 14.0. The molecular weight excluding hydrogens is 668 g/mol. The fraction of sp³-hybridized carbons (Fsp3) is 0.321. The van der Waals surface area contributed by atoms with Gasteiger partial charge in [-0.3, -0.25) is 9.36 Å². The number of allylic oxidation sites excluding steroid dienone is 1. The van der Waals surface area contributed by atoms with Crippen LogP contribution in [0.1, 0.15) is 37.9 Å². The second kappa shape index (κ2) is 12.6. The molecule has 1 atom stereocenters. The van der Waals surface area contributed by atoms with Gasteiger partial charge in [0.05, 0.1) is 60.9 Å². The molecule has 0 saturated heterocycles. The van der Waals surface area contributed by atoms with E-state index in [1.807, 2.05) is 13.0 Å². The standard InChI is InChI=1S/C28H28Br2N2O7S/c1-7-38-22-12-17(29)16(11-21(22)37-6)25-24(27(34)39-8-2)14(3)31-28-32(25)26(33)23(40-28)10-15-9-18(30)20(36-5)13-19(15)35-4/h9-13,25H,7-8H2,1-6H3/b23-10+/t25-/m0/s1. The second-order valence-electron chi connectivity index (χ2n) is 8.49. The fourth-order valence-corrected chi connectivity index (χ4v) is 6.51. The Morgan fingerprint density at radius 1 is 0.975 bits per heavy atom. The Morgan fingerprint density at radius 3 is 2.30 bits per heavy atom. The largest absolute Gasteiger partial charge is 0.496 e. The number of rotatable bonds is 9. The molecule has 0 N–H and O–H groups in total. The highest BCUT2D eigenvalue weighted by Gasteiger charge is 2.35. The molecule has 0 saturated carbocycles. The molecule has 1 aliphatic rings. The van der Waals surface area contributed by atoms with Crippen LogP contribution in [-0.4, -0.2) is 45.1 Å².